The lowest BCUT2D eigenvalue weighted by molar-refractivity contribution is -0.138. The van der Waals surface area contributed by atoms with Gasteiger partial charge in [0.15, 0.2) is 0 Å². The Morgan fingerprint density at radius 1 is 1.29 bits per heavy atom. The average Bonchev–Trinajstić information content (AvgIpc) is 2.35. The largest absolute Gasteiger partial charge is 0.480 e. The number of rotatable bonds is 6. The number of nitrogens with two attached hydrogens (primary N) is 1. The highest BCUT2D eigenvalue weighted by molar-refractivity contribution is 5.75. The van der Waals surface area contributed by atoms with E-state index in [4.69, 9.17) is 20.3 Å². The molecule has 1 rings (SSSR count). The summed E-state index contributed by atoms with van der Waals surface area (Å²) in [6, 6.07) is 5.98. The fourth-order valence-electron chi connectivity index (χ4n) is 1.51. The molecule has 0 aliphatic heterocycles. The summed E-state index contributed by atoms with van der Waals surface area (Å²) in [4.78, 5) is 10.7. The van der Waals surface area contributed by atoms with Gasteiger partial charge in [-0.3, -0.25) is 4.79 Å². The Morgan fingerprint density at radius 3 is 2.24 bits per heavy atom. The van der Waals surface area contributed by atoms with Crippen LogP contribution in [0.2, 0.25) is 0 Å². The summed E-state index contributed by atoms with van der Waals surface area (Å²) in [6.07, 6.45) is -0.157. The third-order valence-corrected chi connectivity index (χ3v) is 2.54. The minimum atomic E-state index is -1.04. The van der Waals surface area contributed by atoms with E-state index in [2.05, 4.69) is 0 Å². The average molecular weight is 239 g/mol. The summed E-state index contributed by atoms with van der Waals surface area (Å²) in [5.74, 6) is -1.04. The number of carboxylic acid groups (broad SMARTS) is 1. The van der Waals surface area contributed by atoms with Crippen molar-refractivity contribution in [3.8, 4) is 0 Å². The maximum Gasteiger partial charge on any atom is 0.325 e. The zero-order valence-electron chi connectivity index (χ0n) is 9.92. The van der Waals surface area contributed by atoms with Crippen molar-refractivity contribution in [1.82, 2.24) is 0 Å². The number of hydrogen-bond donors (Lipinski definition) is 2. The highest BCUT2D eigenvalue weighted by Gasteiger charge is 2.15. The van der Waals surface area contributed by atoms with Gasteiger partial charge in [0.2, 0.25) is 0 Å². The van der Waals surface area contributed by atoms with Crippen LogP contribution in [0.1, 0.15) is 23.3 Å². The van der Waals surface area contributed by atoms with Crippen LogP contribution < -0.4 is 5.73 Å². The quantitative estimate of drug-likeness (QED) is 0.777. The van der Waals surface area contributed by atoms with Gasteiger partial charge in [0, 0.05) is 14.2 Å². The van der Waals surface area contributed by atoms with Crippen LogP contribution in [0, 0.1) is 0 Å². The third-order valence-electron chi connectivity index (χ3n) is 2.54. The lowest BCUT2D eigenvalue weighted by atomic mass is 10.0. The summed E-state index contributed by atoms with van der Waals surface area (Å²) in [6.45, 7) is 0.445. The van der Waals surface area contributed by atoms with Gasteiger partial charge in [-0.25, -0.2) is 0 Å². The van der Waals surface area contributed by atoms with Crippen molar-refractivity contribution < 1.29 is 19.4 Å². The standard InChI is InChI=1S/C12H17NO4/c1-16-7-10(17-2)8-3-5-9(6-4-8)11(13)12(14)15/h3-6,10-11H,7,13H2,1-2H3,(H,14,15). The molecule has 0 spiro atoms. The van der Waals surface area contributed by atoms with Crippen molar-refractivity contribution in [3.05, 3.63) is 35.4 Å². The van der Waals surface area contributed by atoms with Gasteiger partial charge < -0.3 is 20.3 Å². The molecular formula is C12H17NO4. The van der Waals surface area contributed by atoms with Crippen LogP contribution in [0.25, 0.3) is 0 Å². The first-order valence-corrected chi connectivity index (χ1v) is 5.20. The van der Waals surface area contributed by atoms with Gasteiger partial charge in [0.05, 0.1) is 6.61 Å². The second-order valence-corrected chi connectivity index (χ2v) is 3.66. The van der Waals surface area contributed by atoms with E-state index < -0.39 is 12.0 Å². The Hall–Kier alpha value is -1.43. The van der Waals surface area contributed by atoms with Crippen LogP contribution in [0.5, 0.6) is 0 Å². The number of benzene rings is 1. The molecule has 2 unspecified atom stereocenters. The summed E-state index contributed by atoms with van der Waals surface area (Å²) in [7, 11) is 3.20. The van der Waals surface area contributed by atoms with Gasteiger partial charge >= 0.3 is 5.97 Å². The Labute approximate surface area is 100 Å². The topological polar surface area (TPSA) is 81.8 Å². The number of carbonyl (C=O) groups is 1. The Kier molecular flexibility index (Phi) is 5.09. The molecule has 5 heteroatoms. The molecule has 3 N–H and O–H groups in total. The minimum absolute atomic E-state index is 0.157. The molecule has 1 aromatic carbocycles. The third kappa shape index (κ3) is 3.52. The van der Waals surface area contributed by atoms with Gasteiger partial charge in [-0.1, -0.05) is 24.3 Å². The van der Waals surface area contributed by atoms with Gasteiger partial charge in [-0.15, -0.1) is 0 Å². The predicted octanol–water partition coefficient (Wildman–Crippen LogP) is 1.10. The van der Waals surface area contributed by atoms with Crippen LogP contribution in [-0.4, -0.2) is 31.9 Å². The number of methoxy groups -OCH3 is 2. The van der Waals surface area contributed by atoms with Gasteiger partial charge in [-0.05, 0) is 11.1 Å². The highest BCUT2D eigenvalue weighted by atomic mass is 16.5. The van der Waals surface area contributed by atoms with E-state index >= 15 is 0 Å². The van der Waals surface area contributed by atoms with Gasteiger partial charge in [0.25, 0.3) is 0 Å². The number of carboxylic acids is 1. The molecule has 0 aliphatic rings. The SMILES string of the molecule is COCC(OC)c1ccc(C(N)C(=O)O)cc1. The molecule has 17 heavy (non-hydrogen) atoms. The van der Waals surface area contributed by atoms with E-state index in [1.165, 1.54) is 0 Å². The van der Waals surface area contributed by atoms with Crippen LogP contribution in [0.4, 0.5) is 0 Å². The molecule has 0 heterocycles. The molecule has 94 valence electrons. The molecule has 0 radical (unpaired) electrons. The summed E-state index contributed by atoms with van der Waals surface area (Å²) >= 11 is 0. The first-order chi connectivity index (χ1) is 8.10. The Morgan fingerprint density at radius 2 is 1.82 bits per heavy atom. The van der Waals surface area contributed by atoms with Gasteiger partial charge in [0.1, 0.15) is 12.1 Å². The molecule has 1 aromatic rings. The molecule has 0 saturated heterocycles. The van der Waals surface area contributed by atoms with Gasteiger partial charge in [-0.2, -0.15) is 0 Å². The molecule has 0 aliphatic carbocycles. The van der Waals surface area contributed by atoms with Crippen LogP contribution in [-0.2, 0) is 14.3 Å². The Balaban J connectivity index is 2.83. The highest BCUT2D eigenvalue weighted by Crippen LogP contribution is 2.19. The first kappa shape index (κ1) is 13.6. The minimum Gasteiger partial charge on any atom is -0.480 e. The van der Waals surface area contributed by atoms with Crippen molar-refractivity contribution >= 4 is 5.97 Å². The van der Waals surface area contributed by atoms with Crippen LogP contribution in [0.15, 0.2) is 24.3 Å². The molecule has 0 aromatic heterocycles. The summed E-state index contributed by atoms with van der Waals surface area (Å²) < 4.78 is 10.3. The van der Waals surface area contributed by atoms with E-state index in [0.717, 1.165) is 5.56 Å². The fourth-order valence-corrected chi connectivity index (χ4v) is 1.51. The van der Waals surface area contributed by atoms with Crippen molar-refractivity contribution in [2.45, 2.75) is 12.1 Å². The normalized spacial score (nSPS) is 14.3. The summed E-state index contributed by atoms with van der Waals surface area (Å²) in [5.41, 5.74) is 6.99. The zero-order chi connectivity index (χ0) is 12.8. The number of ether oxygens (including phenoxy) is 2. The van der Waals surface area contributed by atoms with Crippen molar-refractivity contribution in [3.63, 3.8) is 0 Å². The molecule has 0 saturated carbocycles. The lowest BCUT2D eigenvalue weighted by Crippen LogP contribution is -2.20. The van der Waals surface area contributed by atoms with E-state index in [1.807, 2.05) is 0 Å². The van der Waals surface area contributed by atoms with Crippen LogP contribution in [0.3, 0.4) is 0 Å². The Bertz CT molecular complexity index is 363. The van der Waals surface area contributed by atoms with E-state index in [0.29, 0.717) is 12.2 Å². The smallest absolute Gasteiger partial charge is 0.325 e. The molecule has 2 atom stereocenters. The maximum atomic E-state index is 10.7. The molecule has 5 nitrogen and oxygen atoms in total. The molecular weight excluding hydrogens is 222 g/mol. The second-order valence-electron chi connectivity index (χ2n) is 3.66. The second kappa shape index (κ2) is 6.34. The van der Waals surface area contributed by atoms with Crippen molar-refractivity contribution in [2.75, 3.05) is 20.8 Å². The van der Waals surface area contributed by atoms with Crippen molar-refractivity contribution in [1.29, 1.82) is 0 Å². The van der Waals surface area contributed by atoms with E-state index in [9.17, 15) is 4.79 Å². The first-order valence-electron chi connectivity index (χ1n) is 5.20. The summed E-state index contributed by atoms with van der Waals surface area (Å²) in [5, 5.41) is 8.77. The van der Waals surface area contributed by atoms with E-state index in [-0.39, 0.29) is 6.10 Å². The molecule has 0 bridgehead atoms. The number of hydrogen-bond acceptors (Lipinski definition) is 4. The predicted molar refractivity (Wildman–Crippen MR) is 62.6 cm³/mol. The fraction of sp³-hybridized carbons (Fsp3) is 0.417. The molecule has 0 fully saturated rings. The van der Waals surface area contributed by atoms with Crippen molar-refractivity contribution in [2.24, 2.45) is 5.73 Å². The monoisotopic (exact) mass is 239 g/mol. The maximum absolute atomic E-state index is 10.7. The van der Waals surface area contributed by atoms with E-state index in [1.54, 1.807) is 38.5 Å². The lowest BCUT2D eigenvalue weighted by Gasteiger charge is -2.15. The zero-order valence-corrected chi connectivity index (χ0v) is 9.92. The van der Waals surface area contributed by atoms with Crippen LogP contribution >= 0.6 is 0 Å². The number of aliphatic carboxylic acids is 1. The molecule has 0 amide bonds.